The fourth-order valence-electron chi connectivity index (χ4n) is 3.38. The molecular formula is C19H28N4O. The number of nitrogens with zero attached hydrogens (tertiary/aromatic N) is 1. The van der Waals surface area contributed by atoms with E-state index in [1.54, 1.807) is 0 Å². The van der Waals surface area contributed by atoms with Gasteiger partial charge in [0.05, 0.1) is 6.54 Å². The van der Waals surface area contributed by atoms with Crippen LogP contribution in [0.3, 0.4) is 0 Å². The number of hydrogen-bond donors (Lipinski definition) is 3. The summed E-state index contributed by atoms with van der Waals surface area (Å²) in [5, 5.41) is 7.94. The zero-order valence-electron chi connectivity index (χ0n) is 14.5. The van der Waals surface area contributed by atoms with E-state index in [0.29, 0.717) is 12.6 Å². The first-order chi connectivity index (χ1) is 11.8. The summed E-state index contributed by atoms with van der Waals surface area (Å²) in [5.74, 6) is 0.155. The Morgan fingerprint density at radius 1 is 1.29 bits per heavy atom. The van der Waals surface area contributed by atoms with Crippen LogP contribution in [0.25, 0.3) is 10.9 Å². The molecule has 1 aliphatic rings. The minimum absolute atomic E-state index is 0.155. The predicted octanol–water partition coefficient (Wildman–Crippen LogP) is 2.25. The van der Waals surface area contributed by atoms with Gasteiger partial charge in [-0.05, 0) is 37.0 Å². The Hall–Kier alpha value is -1.85. The van der Waals surface area contributed by atoms with E-state index in [0.717, 1.165) is 45.4 Å². The molecule has 130 valence electrons. The predicted molar refractivity (Wildman–Crippen MR) is 97.9 cm³/mol. The molecule has 0 unspecified atom stereocenters. The minimum Gasteiger partial charge on any atom is -0.361 e. The van der Waals surface area contributed by atoms with Gasteiger partial charge in [0.15, 0.2) is 0 Å². The van der Waals surface area contributed by atoms with Gasteiger partial charge in [-0.15, -0.1) is 0 Å². The van der Waals surface area contributed by atoms with Crippen LogP contribution in [-0.2, 0) is 11.3 Å². The molecule has 0 bridgehead atoms. The highest BCUT2D eigenvalue weighted by atomic mass is 16.2. The fourth-order valence-corrected chi connectivity index (χ4v) is 3.38. The van der Waals surface area contributed by atoms with Crippen molar-refractivity contribution in [2.24, 2.45) is 0 Å². The standard InChI is InChI=1S/C19H28N4O/c1-2-9-21-19(24)14-23-11-7-16(8-12-23)22-13-15-4-3-5-18-17(15)6-10-20-18/h3-6,10,16,20,22H,2,7-9,11-14H2,1H3,(H,21,24). The number of likely N-dealkylation sites (tertiary alicyclic amines) is 1. The van der Waals surface area contributed by atoms with Crippen molar-refractivity contribution < 1.29 is 4.79 Å². The zero-order chi connectivity index (χ0) is 16.8. The van der Waals surface area contributed by atoms with Gasteiger partial charge < -0.3 is 15.6 Å². The summed E-state index contributed by atoms with van der Waals surface area (Å²) >= 11 is 0. The number of carbonyl (C=O) groups is 1. The van der Waals surface area contributed by atoms with Gasteiger partial charge in [-0.25, -0.2) is 0 Å². The summed E-state index contributed by atoms with van der Waals surface area (Å²) in [5.41, 5.74) is 2.54. The number of benzene rings is 1. The number of piperidine rings is 1. The monoisotopic (exact) mass is 328 g/mol. The molecule has 1 amide bonds. The van der Waals surface area contributed by atoms with Crippen LogP contribution in [0.4, 0.5) is 0 Å². The Bertz CT molecular complexity index is 658. The first-order valence-corrected chi connectivity index (χ1v) is 9.03. The number of H-pyrrole nitrogens is 1. The zero-order valence-corrected chi connectivity index (χ0v) is 14.5. The van der Waals surface area contributed by atoms with Gasteiger partial charge >= 0.3 is 0 Å². The lowest BCUT2D eigenvalue weighted by atomic mass is 10.0. The van der Waals surface area contributed by atoms with Crippen LogP contribution in [0.5, 0.6) is 0 Å². The van der Waals surface area contributed by atoms with Gasteiger partial charge in [0, 0.05) is 49.3 Å². The quantitative estimate of drug-likeness (QED) is 0.730. The molecule has 0 aliphatic carbocycles. The lowest BCUT2D eigenvalue weighted by Crippen LogP contribution is -2.46. The molecule has 0 spiro atoms. The molecule has 5 nitrogen and oxygen atoms in total. The van der Waals surface area contributed by atoms with Gasteiger partial charge in [0.1, 0.15) is 0 Å². The van der Waals surface area contributed by atoms with Gasteiger partial charge in [-0.1, -0.05) is 19.1 Å². The molecule has 1 fully saturated rings. The summed E-state index contributed by atoms with van der Waals surface area (Å²) in [6.07, 6.45) is 5.19. The van der Waals surface area contributed by atoms with Crippen LogP contribution < -0.4 is 10.6 Å². The lowest BCUT2D eigenvalue weighted by molar-refractivity contribution is -0.122. The molecule has 3 N–H and O–H groups in total. The van der Waals surface area contributed by atoms with Crippen molar-refractivity contribution in [1.82, 2.24) is 20.5 Å². The number of fused-ring (bicyclic) bond motifs is 1. The Morgan fingerprint density at radius 2 is 2.12 bits per heavy atom. The smallest absolute Gasteiger partial charge is 0.234 e. The molecule has 1 aromatic carbocycles. The normalized spacial score (nSPS) is 16.5. The summed E-state index contributed by atoms with van der Waals surface area (Å²) in [6, 6.07) is 9.09. The second-order valence-electron chi connectivity index (χ2n) is 6.64. The maximum atomic E-state index is 11.8. The van der Waals surface area contributed by atoms with Gasteiger partial charge in [-0.3, -0.25) is 9.69 Å². The number of aromatic amines is 1. The van der Waals surface area contributed by atoms with Crippen LogP contribution >= 0.6 is 0 Å². The second kappa shape index (κ2) is 8.31. The first-order valence-electron chi connectivity index (χ1n) is 9.03. The van der Waals surface area contributed by atoms with Crippen molar-refractivity contribution in [3.05, 3.63) is 36.0 Å². The minimum atomic E-state index is 0.155. The van der Waals surface area contributed by atoms with Crippen molar-refractivity contribution in [3.8, 4) is 0 Å². The third-order valence-corrected chi connectivity index (χ3v) is 4.79. The van der Waals surface area contributed by atoms with Crippen molar-refractivity contribution in [2.45, 2.75) is 38.8 Å². The van der Waals surface area contributed by atoms with Gasteiger partial charge in [-0.2, -0.15) is 0 Å². The molecule has 0 saturated carbocycles. The summed E-state index contributed by atoms with van der Waals surface area (Å²) in [7, 11) is 0. The number of hydrogen-bond acceptors (Lipinski definition) is 3. The molecule has 0 atom stereocenters. The average Bonchev–Trinajstić information content (AvgIpc) is 3.08. The molecular weight excluding hydrogens is 300 g/mol. The van der Waals surface area contributed by atoms with Crippen LogP contribution in [0.15, 0.2) is 30.5 Å². The summed E-state index contributed by atoms with van der Waals surface area (Å²) in [6.45, 7) is 6.27. The number of aromatic nitrogens is 1. The van der Waals surface area contributed by atoms with Gasteiger partial charge in [0.2, 0.25) is 5.91 Å². The number of carbonyl (C=O) groups excluding carboxylic acids is 1. The van der Waals surface area contributed by atoms with E-state index in [1.165, 1.54) is 16.5 Å². The SMILES string of the molecule is CCCNC(=O)CN1CCC(NCc2cccc3[nH]ccc23)CC1. The molecule has 1 aliphatic heterocycles. The molecule has 2 heterocycles. The fraction of sp³-hybridized carbons (Fsp3) is 0.526. The van der Waals surface area contributed by atoms with Crippen LogP contribution in [-0.4, -0.2) is 48.0 Å². The highest BCUT2D eigenvalue weighted by Gasteiger charge is 2.20. The molecule has 1 aromatic heterocycles. The Labute approximate surface area is 143 Å². The van der Waals surface area contributed by atoms with E-state index in [-0.39, 0.29) is 5.91 Å². The maximum absolute atomic E-state index is 11.8. The van der Waals surface area contributed by atoms with E-state index in [9.17, 15) is 4.79 Å². The number of nitrogens with one attached hydrogen (secondary N) is 3. The summed E-state index contributed by atoms with van der Waals surface area (Å²) < 4.78 is 0. The third kappa shape index (κ3) is 4.36. The lowest BCUT2D eigenvalue weighted by Gasteiger charge is -2.32. The van der Waals surface area contributed by atoms with E-state index >= 15 is 0 Å². The van der Waals surface area contributed by atoms with Crippen LogP contribution in [0.2, 0.25) is 0 Å². The largest absolute Gasteiger partial charge is 0.361 e. The van der Waals surface area contributed by atoms with Crippen molar-refractivity contribution >= 4 is 16.8 Å². The number of rotatable bonds is 7. The topological polar surface area (TPSA) is 60.2 Å². The molecule has 5 heteroatoms. The van der Waals surface area contributed by atoms with Crippen molar-refractivity contribution in [2.75, 3.05) is 26.2 Å². The molecule has 0 radical (unpaired) electrons. The summed E-state index contributed by atoms with van der Waals surface area (Å²) in [4.78, 5) is 17.3. The molecule has 3 rings (SSSR count). The van der Waals surface area contributed by atoms with E-state index in [4.69, 9.17) is 0 Å². The maximum Gasteiger partial charge on any atom is 0.234 e. The van der Waals surface area contributed by atoms with Gasteiger partial charge in [0.25, 0.3) is 0 Å². The highest BCUT2D eigenvalue weighted by Crippen LogP contribution is 2.18. The molecule has 1 saturated heterocycles. The third-order valence-electron chi connectivity index (χ3n) is 4.79. The van der Waals surface area contributed by atoms with E-state index in [1.807, 2.05) is 6.20 Å². The Kier molecular flexibility index (Phi) is 5.88. The second-order valence-corrected chi connectivity index (χ2v) is 6.64. The van der Waals surface area contributed by atoms with E-state index < -0.39 is 0 Å². The average molecular weight is 328 g/mol. The van der Waals surface area contributed by atoms with E-state index in [2.05, 4.69) is 51.7 Å². The Morgan fingerprint density at radius 3 is 2.92 bits per heavy atom. The van der Waals surface area contributed by atoms with Crippen molar-refractivity contribution in [1.29, 1.82) is 0 Å². The Balaban J connectivity index is 1.43. The highest BCUT2D eigenvalue weighted by molar-refractivity contribution is 5.82. The molecule has 2 aromatic rings. The number of amides is 1. The molecule has 24 heavy (non-hydrogen) atoms. The first kappa shape index (κ1) is 17.0. The van der Waals surface area contributed by atoms with Crippen molar-refractivity contribution in [3.63, 3.8) is 0 Å². The van der Waals surface area contributed by atoms with Crippen LogP contribution in [0.1, 0.15) is 31.7 Å². The van der Waals surface area contributed by atoms with Crippen LogP contribution in [0, 0.1) is 0 Å².